The second-order valence-electron chi connectivity index (χ2n) is 4.02. The van der Waals surface area contributed by atoms with Crippen molar-refractivity contribution in [3.05, 3.63) is 33.7 Å². The van der Waals surface area contributed by atoms with Crippen LogP contribution >= 0.6 is 11.3 Å². The molecule has 0 bridgehead atoms. The Morgan fingerprint density at radius 2 is 2.00 bits per heavy atom. The van der Waals surface area contributed by atoms with Gasteiger partial charge in [0.2, 0.25) is 0 Å². The van der Waals surface area contributed by atoms with Crippen LogP contribution in [0.3, 0.4) is 0 Å². The maximum atomic E-state index is 5.79. The van der Waals surface area contributed by atoms with Crippen molar-refractivity contribution in [2.75, 3.05) is 0 Å². The van der Waals surface area contributed by atoms with Gasteiger partial charge in [-0.15, -0.1) is 11.3 Å². The van der Waals surface area contributed by atoms with Crippen LogP contribution in [0.15, 0.2) is 12.1 Å². The summed E-state index contributed by atoms with van der Waals surface area (Å²) in [5, 5.41) is 1.42. The van der Waals surface area contributed by atoms with E-state index in [1.54, 1.807) is 0 Å². The number of hydrogen-bond donors (Lipinski definition) is 1. The number of rotatable bonds is 2. The number of fused-ring (bicyclic) bond motifs is 1. The van der Waals surface area contributed by atoms with E-state index in [1.165, 1.54) is 31.7 Å². The number of thiophene rings is 1. The van der Waals surface area contributed by atoms with Gasteiger partial charge in [-0.1, -0.05) is 24.6 Å². The highest BCUT2D eigenvalue weighted by Gasteiger charge is 2.11. The van der Waals surface area contributed by atoms with E-state index in [-0.39, 0.29) is 0 Å². The van der Waals surface area contributed by atoms with Crippen LogP contribution in [0, 0.1) is 13.8 Å². The summed E-state index contributed by atoms with van der Waals surface area (Å²) >= 11 is 1.86. The summed E-state index contributed by atoms with van der Waals surface area (Å²) in [6.45, 7) is 7.22. The summed E-state index contributed by atoms with van der Waals surface area (Å²) in [4.78, 5) is 1.35. The number of hydrogen-bond acceptors (Lipinski definition) is 2. The molecule has 0 saturated heterocycles. The predicted molar refractivity (Wildman–Crippen MR) is 68.6 cm³/mol. The smallest absolute Gasteiger partial charge is 0.0378 e. The van der Waals surface area contributed by atoms with Crippen molar-refractivity contribution < 1.29 is 0 Å². The molecule has 0 spiro atoms. The molecule has 1 aromatic carbocycles. The minimum absolute atomic E-state index is 0.668. The van der Waals surface area contributed by atoms with Crippen molar-refractivity contribution >= 4 is 21.4 Å². The highest BCUT2D eigenvalue weighted by Crippen LogP contribution is 2.34. The minimum Gasteiger partial charge on any atom is -0.326 e. The van der Waals surface area contributed by atoms with E-state index >= 15 is 0 Å². The minimum atomic E-state index is 0.668. The first-order chi connectivity index (χ1) is 7.17. The Labute approximate surface area is 94.9 Å². The average Bonchev–Trinajstić information content (AvgIpc) is 2.55. The second kappa shape index (κ2) is 3.95. The first-order valence-corrected chi connectivity index (χ1v) is 6.20. The molecule has 1 nitrogen and oxygen atoms in total. The van der Waals surface area contributed by atoms with Gasteiger partial charge < -0.3 is 5.73 Å². The summed E-state index contributed by atoms with van der Waals surface area (Å²) < 4.78 is 1.41. The third kappa shape index (κ3) is 1.68. The van der Waals surface area contributed by atoms with E-state index in [1.807, 2.05) is 11.3 Å². The van der Waals surface area contributed by atoms with E-state index < -0.39 is 0 Å². The van der Waals surface area contributed by atoms with Crippen molar-refractivity contribution in [1.29, 1.82) is 0 Å². The van der Waals surface area contributed by atoms with E-state index in [0.717, 1.165) is 6.42 Å². The standard InChI is InChI=1S/C13H17NS/c1-4-10-11-6-8(2)5-9(3)13(11)15-12(10)7-14/h5-6H,4,7,14H2,1-3H3. The van der Waals surface area contributed by atoms with Crippen molar-refractivity contribution in [3.8, 4) is 0 Å². The van der Waals surface area contributed by atoms with E-state index in [4.69, 9.17) is 5.73 Å². The number of nitrogens with two attached hydrogens (primary N) is 1. The zero-order valence-corrected chi connectivity index (χ0v) is 10.4. The van der Waals surface area contributed by atoms with Gasteiger partial charge in [0.25, 0.3) is 0 Å². The maximum Gasteiger partial charge on any atom is 0.0378 e. The van der Waals surface area contributed by atoms with Crippen LogP contribution in [-0.2, 0) is 13.0 Å². The molecule has 1 heterocycles. The fraction of sp³-hybridized carbons (Fsp3) is 0.385. The summed E-state index contributed by atoms with van der Waals surface area (Å²) in [5.41, 5.74) is 9.96. The van der Waals surface area contributed by atoms with Crippen LogP contribution in [0.1, 0.15) is 28.5 Å². The van der Waals surface area contributed by atoms with Gasteiger partial charge in [0.1, 0.15) is 0 Å². The summed E-state index contributed by atoms with van der Waals surface area (Å²) in [7, 11) is 0. The van der Waals surface area contributed by atoms with Crippen LogP contribution in [-0.4, -0.2) is 0 Å². The van der Waals surface area contributed by atoms with Crippen molar-refractivity contribution in [2.24, 2.45) is 5.73 Å². The Kier molecular flexibility index (Phi) is 2.81. The van der Waals surface area contributed by atoms with Crippen molar-refractivity contribution in [2.45, 2.75) is 33.7 Å². The molecule has 2 N–H and O–H groups in total. The van der Waals surface area contributed by atoms with Crippen LogP contribution in [0.25, 0.3) is 10.1 Å². The van der Waals surface area contributed by atoms with Gasteiger partial charge in [-0.25, -0.2) is 0 Å². The van der Waals surface area contributed by atoms with E-state index in [2.05, 4.69) is 32.9 Å². The number of benzene rings is 1. The zero-order chi connectivity index (χ0) is 11.0. The van der Waals surface area contributed by atoms with Gasteiger partial charge in [0.15, 0.2) is 0 Å². The first-order valence-electron chi connectivity index (χ1n) is 5.39. The SMILES string of the molecule is CCc1c(CN)sc2c(C)cc(C)cc12. The lowest BCUT2D eigenvalue weighted by Gasteiger charge is -2.01. The van der Waals surface area contributed by atoms with Crippen LogP contribution in [0.4, 0.5) is 0 Å². The molecule has 0 unspecified atom stereocenters. The van der Waals surface area contributed by atoms with Crippen LogP contribution in [0.2, 0.25) is 0 Å². The molecule has 2 aromatic rings. The molecule has 1 aromatic heterocycles. The lowest BCUT2D eigenvalue weighted by Crippen LogP contribution is -1.96. The molecule has 15 heavy (non-hydrogen) atoms. The third-order valence-corrected chi connectivity index (χ3v) is 4.25. The molecule has 0 saturated carbocycles. The number of aryl methyl sites for hydroxylation is 3. The Balaban J connectivity index is 2.82. The Morgan fingerprint density at radius 1 is 1.27 bits per heavy atom. The summed E-state index contributed by atoms with van der Waals surface area (Å²) in [6.07, 6.45) is 1.08. The molecular weight excluding hydrogens is 202 g/mol. The zero-order valence-electron chi connectivity index (χ0n) is 9.55. The van der Waals surface area contributed by atoms with E-state index in [9.17, 15) is 0 Å². The van der Waals surface area contributed by atoms with Crippen LogP contribution in [0.5, 0.6) is 0 Å². The maximum absolute atomic E-state index is 5.79. The fourth-order valence-corrected chi connectivity index (χ4v) is 3.42. The van der Waals surface area contributed by atoms with Gasteiger partial charge in [-0.05, 0) is 36.8 Å². The molecular formula is C13H17NS. The normalized spacial score (nSPS) is 11.2. The third-order valence-electron chi connectivity index (χ3n) is 2.84. The topological polar surface area (TPSA) is 26.0 Å². The Morgan fingerprint density at radius 3 is 2.60 bits per heavy atom. The molecule has 0 aliphatic rings. The lowest BCUT2D eigenvalue weighted by atomic mass is 10.0. The first kappa shape index (κ1) is 10.7. The van der Waals surface area contributed by atoms with Gasteiger partial charge in [0.05, 0.1) is 0 Å². The molecule has 0 fully saturated rings. The second-order valence-corrected chi connectivity index (χ2v) is 5.13. The van der Waals surface area contributed by atoms with Gasteiger partial charge >= 0.3 is 0 Å². The molecule has 0 aliphatic heterocycles. The predicted octanol–water partition coefficient (Wildman–Crippen LogP) is 3.54. The monoisotopic (exact) mass is 219 g/mol. The summed E-state index contributed by atoms with van der Waals surface area (Å²) in [6, 6.07) is 4.54. The molecule has 80 valence electrons. The van der Waals surface area contributed by atoms with Crippen LogP contribution < -0.4 is 5.73 Å². The van der Waals surface area contributed by atoms with Crippen molar-refractivity contribution in [1.82, 2.24) is 0 Å². The Hall–Kier alpha value is -0.860. The molecule has 2 rings (SSSR count). The molecule has 2 heteroatoms. The quantitative estimate of drug-likeness (QED) is 0.821. The molecule has 0 radical (unpaired) electrons. The largest absolute Gasteiger partial charge is 0.326 e. The molecule has 0 aliphatic carbocycles. The fourth-order valence-electron chi connectivity index (χ4n) is 2.20. The molecule has 0 atom stereocenters. The van der Waals surface area contributed by atoms with Gasteiger partial charge in [-0.2, -0.15) is 0 Å². The average molecular weight is 219 g/mol. The highest BCUT2D eigenvalue weighted by atomic mass is 32.1. The Bertz CT molecular complexity index is 497. The lowest BCUT2D eigenvalue weighted by molar-refractivity contribution is 1.05. The van der Waals surface area contributed by atoms with Crippen molar-refractivity contribution in [3.63, 3.8) is 0 Å². The van der Waals surface area contributed by atoms with E-state index in [0.29, 0.717) is 6.54 Å². The van der Waals surface area contributed by atoms with Gasteiger partial charge in [0, 0.05) is 16.1 Å². The summed E-state index contributed by atoms with van der Waals surface area (Å²) in [5.74, 6) is 0. The van der Waals surface area contributed by atoms with Gasteiger partial charge in [-0.3, -0.25) is 0 Å². The molecule has 0 amide bonds. The highest BCUT2D eigenvalue weighted by molar-refractivity contribution is 7.19.